The first kappa shape index (κ1) is 20.1. The lowest BCUT2D eigenvalue weighted by Gasteiger charge is -2.07. The van der Waals surface area contributed by atoms with Gasteiger partial charge in [0.15, 0.2) is 23.7 Å². The zero-order valence-electron chi connectivity index (χ0n) is 17.8. The van der Waals surface area contributed by atoms with Crippen LogP contribution in [0.25, 0.3) is 22.5 Å². The summed E-state index contributed by atoms with van der Waals surface area (Å²) >= 11 is 5.89. The molecule has 0 spiro atoms. The van der Waals surface area contributed by atoms with Gasteiger partial charge in [-0.3, -0.25) is 4.57 Å². The van der Waals surface area contributed by atoms with Crippen molar-refractivity contribution >= 4 is 34.5 Å². The maximum atomic E-state index is 5.89. The summed E-state index contributed by atoms with van der Waals surface area (Å²) in [7, 11) is 0. The third-order valence-electron chi connectivity index (χ3n) is 5.32. The van der Waals surface area contributed by atoms with E-state index >= 15 is 0 Å². The first-order valence-electron chi connectivity index (χ1n) is 10.1. The molecule has 0 unspecified atom stereocenters. The molecule has 0 saturated heterocycles. The standard InChI is InChI=1S/C23H20ClN7O/c1-14-5-4-6-20(27-14)31-16(3)15(2)21-22(31)25-13-30-23(21)28-19(29-30)12-32-26-11-17-7-9-18(24)10-8-17/h4-11,13H,12H2,1-3H3/b26-11-. The van der Waals surface area contributed by atoms with Gasteiger partial charge in [0, 0.05) is 16.4 Å². The van der Waals surface area contributed by atoms with Crippen molar-refractivity contribution in [2.45, 2.75) is 27.4 Å². The van der Waals surface area contributed by atoms with E-state index < -0.39 is 0 Å². The van der Waals surface area contributed by atoms with E-state index in [0.29, 0.717) is 10.8 Å². The van der Waals surface area contributed by atoms with Crippen molar-refractivity contribution in [3.05, 3.63) is 82.2 Å². The molecular weight excluding hydrogens is 426 g/mol. The molecule has 1 aromatic carbocycles. The van der Waals surface area contributed by atoms with Gasteiger partial charge in [0.1, 0.15) is 12.1 Å². The first-order valence-corrected chi connectivity index (χ1v) is 10.5. The molecular formula is C23H20ClN7O. The zero-order chi connectivity index (χ0) is 22.2. The maximum Gasteiger partial charge on any atom is 0.192 e. The number of hydrogen-bond acceptors (Lipinski definition) is 6. The van der Waals surface area contributed by atoms with E-state index in [4.69, 9.17) is 16.4 Å². The maximum absolute atomic E-state index is 5.89. The summed E-state index contributed by atoms with van der Waals surface area (Å²) in [5.74, 6) is 1.35. The molecule has 0 radical (unpaired) electrons. The van der Waals surface area contributed by atoms with Crippen molar-refractivity contribution in [2.75, 3.05) is 0 Å². The van der Waals surface area contributed by atoms with E-state index in [0.717, 1.165) is 45.0 Å². The largest absolute Gasteiger partial charge is 0.387 e. The lowest BCUT2D eigenvalue weighted by Crippen LogP contribution is -2.02. The van der Waals surface area contributed by atoms with Gasteiger partial charge in [0.2, 0.25) is 0 Å². The Morgan fingerprint density at radius 2 is 1.84 bits per heavy atom. The topological polar surface area (TPSA) is 82.5 Å². The second-order valence-corrected chi connectivity index (χ2v) is 7.92. The van der Waals surface area contributed by atoms with Crippen LogP contribution in [0.4, 0.5) is 0 Å². The number of rotatable bonds is 5. The Morgan fingerprint density at radius 3 is 2.62 bits per heavy atom. The van der Waals surface area contributed by atoms with Crippen molar-refractivity contribution in [3.63, 3.8) is 0 Å². The number of hydrogen-bond donors (Lipinski definition) is 0. The Kier molecular flexibility index (Phi) is 5.07. The predicted octanol–water partition coefficient (Wildman–Crippen LogP) is 4.59. The molecule has 5 aromatic rings. The van der Waals surface area contributed by atoms with Gasteiger partial charge in [-0.05, 0) is 56.2 Å². The predicted molar refractivity (Wildman–Crippen MR) is 123 cm³/mol. The monoisotopic (exact) mass is 445 g/mol. The molecule has 0 aliphatic heterocycles. The highest BCUT2D eigenvalue weighted by atomic mass is 35.5. The van der Waals surface area contributed by atoms with Gasteiger partial charge in [0.25, 0.3) is 0 Å². The average Bonchev–Trinajstić information content (AvgIpc) is 3.31. The van der Waals surface area contributed by atoms with Crippen molar-refractivity contribution < 1.29 is 4.84 Å². The summed E-state index contributed by atoms with van der Waals surface area (Å²) < 4.78 is 3.73. The fraction of sp³-hybridized carbons (Fsp3) is 0.174. The molecule has 0 atom stereocenters. The van der Waals surface area contributed by atoms with E-state index in [1.165, 1.54) is 0 Å². The van der Waals surface area contributed by atoms with Crippen LogP contribution in [0.1, 0.15) is 28.3 Å². The van der Waals surface area contributed by atoms with E-state index in [-0.39, 0.29) is 6.61 Å². The van der Waals surface area contributed by atoms with Crippen LogP contribution in [0, 0.1) is 20.8 Å². The number of halogens is 1. The Morgan fingerprint density at radius 1 is 1.03 bits per heavy atom. The van der Waals surface area contributed by atoms with Gasteiger partial charge in [-0.2, -0.15) is 0 Å². The molecule has 0 saturated carbocycles. The highest BCUT2D eigenvalue weighted by molar-refractivity contribution is 6.30. The highest BCUT2D eigenvalue weighted by Gasteiger charge is 2.19. The minimum atomic E-state index is 0.144. The lowest BCUT2D eigenvalue weighted by atomic mass is 10.2. The van der Waals surface area contributed by atoms with Crippen LogP contribution in [0.3, 0.4) is 0 Å². The molecule has 4 aromatic heterocycles. The van der Waals surface area contributed by atoms with Crippen LogP contribution in [-0.4, -0.2) is 35.3 Å². The molecule has 0 N–H and O–H groups in total. The number of nitrogens with zero attached hydrogens (tertiary/aromatic N) is 7. The summed E-state index contributed by atoms with van der Waals surface area (Å²) in [5, 5.41) is 10.1. The van der Waals surface area contributed by atoms with Crippen molar-refractivity contribution in [1.82, 2.24) is 29.1 Å². The minimum Gasteiger partial charge on any atom is -0.387 e. The van der Waals surface area contributed by atoms with Crippen LogP contribution in [-0.2, 0) is 11.4 Å². The van der Waals surface area contributed by atoms with Gasteiger partial charge < -0.3 is 4.84 Å². The number of aromatic nitrogens is 6. The molecule has 0 amide bonds. The second kappa shape index (κ2) is 8.05. The number of aryl methyl sites for hydroxylation is 2. The lowest BCUT2D eigenvalue weighted by molar-refractivity contribution is 0.126. The van der Waals surface area contributed by atoms with E-state index in [2.05, 4.69) is 43.6 Å². The van der Waals surface area contributed by atoms with Gasteiger partial charge in [-0.25, -0.2) is 19.5 Å². The Hall–Kier alpha value is -3.78. The van der Waals surface area contributed by atoms with Crippen molar-refractivity contribution in [1.29, 1.82) is 0 Å². The highest BCUT2D eigenvalue weighted by Crippen LogP contribution is 2.29. The van der Waals surface area contributed by atoms with Crippen LogP contribution in [0.5, 0.6) is 0 Å². The average molecular weight is 446 g/mol. The number of fused-ring (bicyclic) bond motifs is 3. The van der Waals surface area contributed by atoms with Crippen LogP contribution in [0.15, 0.2) is 53.9 Å². The normalized spacial score (nSPS) is 11.8. The fourth-order valence-electron chi connectivity index (χ4n) is 3.64. The van der Waals surface area contributed by atoms with Crippen molar-refractivity contribution in [2.24, 2.45) is 5.16 Å². The summed E-state index contributed by atoms with van der Waals surface area (Å²) in [6.45, 7) is 6.24. The molecule has 160 valence electrons. The summed E-state index contributed by atoms with van der Waals surface area (Å²) in [5.41, 5.74) is 5.51. The quantitative estimate of drug-likeness (QED) is 0.292. The van der Waals surface area contributed by atoms with E-state index in [9.17, 15) is 0 Å². The molecule has 0 aliphatic carbocycles. The molecule has 0 aliphatic rings. The molecule has 0 bridgehead atoms. The van der Waals surface area contributed by atoms with E-state index in [1.54, 1.807) is 29.2 Å². The smallest absolute Gasteiger partial charge is 0.192 e. The van der Waals surface area contributed by atoms with Crippen LogP contribution >= 0.6 is 11.6 Å². The van der Waals surface area contributed by atoms with Gasteiger partial charge >= 0.3 is 0 Å². The summed E-state index contributed by atoms with van der Waals surface area (Å²) in [6, 6.07) is 13.3. The first-order chi connectivity index (χ1) is 15.5. The number of oxime groups is 1. The SMILES string of the molecule is Cc1cccc(-n2c(C)c(C)c3c2ncn2nc(CO/N=C\c4ccc(Cl)cc4)nc32)n1. The molecule has 8 nitrogen and oxygen atoms in total. The van der Waals surface area contributed by atoms with Gasteiger partial charge in [-0.1, -0.05) is 35.0 Å². The van der Waals surface area contributed by atoms with E-state index in [1.807, 2.05) is 37.3 Å². The molecule has 5 rings (SSSR count). The molecule has 0 fully saturated rings. The van der Waals surface area contributed by atoms with Gasteiger partial charge in [-0.15, -0.1) is 5.10 Å². The summed E-state index contributed by atoms with van der Waals surface area (Å²) in [4.78, 5) is 19.4. The van der Waals surface area contributed by atoms with Gasteiger partial charge in [0.05, 0.1) is 11.6 Å². The molecule has 32 heavy (non-hydrogen) atoms. The van der Waals surface area contributed by atoms with Crippen LogP contribution < -0.4 is 0 Å². The minimum absolute atomic E-state index is 0.144. The second-order valence-electron chi connectivity index (χ2n) is 7.48. The van der Waals surface area contributed by atoms with Crippen molar-refractivity contribution in [3.8, 4) is 5.82 Å². The Labute approximate surface area is 189 Å². The number of benzene rings is 1. The fourth-order valence-corrected chi connectivity index (χ4v) is 3.77. The third-order valence-corrected chi connectivity index (χ3v) is 5.57. The summed E-state index contributed by atoms with van der Waals surface area (Å²) in [6.07, 6.45) is 3.28. The van der Waals surface area contributed by atoms with Crippen LogP contribution in [0.2, 0.25) is 5.02 Å². The third kappa shape index (κ3) is 3.58. The Balaban J connectivity index is 1.47. The number of pyridine rings is 1. The Bertz CT molecular complexity index is 1470. The molecule has 4 heterocycles. The zero-order valence-corrected chi connectivity index (χ0v) is 18.6. The molecule has 9 heteroatoms.